The van der Waals surface area contributed by atoms with E-state index in [1.165, 1.54) is 14.0 Å². The fourth-order valence-corrected chi connectivity index (χ4v) is 2.77. The van der Waals surface area contributed by atoms with Gasteiger partial charge in [-0.05, 0) is 54.4 Å². The molecule has 4 atom stereocenters. The second-order valence-corrected chi connectivity index (χ2v) is 7.54. The van der Waals surface area contributed by atoms with Gasteiger partial charge in [0.15, 0.2) is 5.79 Å². The molecule has 0 saturated heterocycles. The predicted molar refractivity (Wildman–Crippen MR) is 110 cm³/mol. The normalized spacial score (nSPS) is 19.4. The molecule has 0 amide bonds. The standard InChI is InChI=1S/C21H42O8/c1-10-13-15-27-21(26-14-11-2,28-16(4)5)19(7,18(22)23)29-20(8,25-12-3)17(6)24-9/h16-17H,10-15H2,1-9H3,(H,22,23). The second-order valence-electron chi connectivity index (χ2n) is 7.54. The van der Waals surface area contributed by atoms with Crippen LogP contribution in [-0.4, -0.2) is 67.6 Å². The number of rotatable bonds is 17. The van der Waals surface area contributed by atoms with E-state index < -0.39 is 29.4 Å². The number of carboxylic acid groups (broad SMARTS) is 1. The van der Waals surface area contributed by atoms with E-state index in [0.717, 1.165) is 6.42 Å². The molecule has 1 N–H and O–H groups in total. The van der Waals surface area contributed by atoms with Crippen LogP contribution in [-0.2, 0) is 33.2 Å². The first kappa shape index (κ1) is 28.2. The average molecular weight is 423 g/mol. The third-order valence-corrected chi connectivity index (χ3v) is 4.60. The smallest absolute Gasteiger partial charge is 0.344 e. The van der Waals surface area contributed by atoms with Crippen molar-refractivity contribution in [2.75, 3.05) is 26.9 Å². The molecule has 0 rings (SSSR count). The van der Waals surface area contributed by atoms with Crippen LogP contribution in [0.4, 0.5) is 0 Å². The molecular weight excluding hydrogens is 380 g/mol. The Morgan fingerprint density at radius 1 is 0.966 bits per heavy atom. The van der Waals surface area contributed by atoms with Gasteiger partial charge >= 0.3 is 11.9 Å². The van der Waals surface area contributed by atoms with Crippen LogP contribution in [0.3, 0.4) is 0 Å². The minimum Gasteiger partial charge on any atom is -0.479 e. The largest absolute Gasteiger partial charge is 0.479 e. The van der Waals surface area contributed by atoms with Crippen LogP contribution in [0.2, 0.25) is 0 Å². The Morgan fingerprint density at radius 3 is 1.97 bits per heavy atom. The van der Waals surface area contributed by atoms with E-state index >= 15 is 0 Å². The summed E-state index contributed by atoms with van der Waals surface area (Å²) >= 11 is 0. The van der Waals surface area contributed by atoms with Gasteiger partial charge in [-0.1, -0.05) is 20.3 Å². The summed E-state index contributed by atoms with van der Waals surface area (Å²) in [6.45, 7) is 14.9. The van der Waals surface area contributed by atoms with Crippen LogP contribution < -0.4 is 0 Å². The molecular formula is C21H42O8. The van der Waals surface area contributed by atoms with E-state index in [4.69, 9.17) is 28.4 Å². The molecule has 8 nitrogen and oxygen atoms in total. The summed E-state index contributed by atoms with van der Waals surface area (Å²) < 4.78 is 35.3. The number of unbranched alkanes of at least 4 members (excludes halogenated alkanes) is 1. The molecule has 0 saturated carbocycles. The topological polar surface area (TPSA) is 92.7 Å². The highest BCUT2D eigenvalue weighted by atomic mass is 16.9. The Labute approximate surface area is 176 Å². The Balaban J connectivity index is 6.39. The second kappa shape index (κ2) is 12.8. The molecule has 4 unspecified atom stereocenters. The molecule has 174 valence electrons. The molecule has 0 bridgehead atoms. The summed E-state index contributed by atoms with van der Waals surface area (Å²) in [6.07, 6.45) is 1.28. The van der Waals surface area contributed by atoms with Crippen LogP contribution >= 0.6 is 0 Å². The molecule has 0 aromatic carbocycles. The van der Waals surface area contributed by atoms with Gasteiger partial charge in [0.2, 0.25) is 5.60 Å². The van der Waals surface area contributed by atoms with Gasteiger partial charge in [0.05, 0.1) is 19.3 Å². The monoisotopic (exact) mass is 422 g/mol. The molecule has 29 heavy (non-hydrogen) atoms. The van der Waals surface area contributed by atoms with Crippen LogP contribution in [0.1, 0.15) is 74.7 Å². The van der Waals surface area contributed by atoms with Crippen molar-refractivity contribution in [2.24, 2.45) is 0 Å². The summed E-state index contributed by atoms with van der Waals surface area (Å²) in [7, 11) is 1.51. The lowest BCUT2D eigenvalue weighted by Gasteiger charge is -2.48. The Kier molecular flexibility index (Phi) is 12.5. The molecule has 0 heterocycles. The quantitative estimate of drug-likeness (QED) is 0.278. The van der Waals surface area contributed by atoms with Crippen molar-refractivity contribution in [3.8, 4) is 0 Å². The summed E-state index contributed by atoms with van der Waals surface area (Å²) in [5.41, 5.74) is -2.04. The van der Waals surface area contributed by atoms with E-state index in [0.29, 0.717) is 19.4 Å². The van der Waals surface area contributed by atoms with Gasteiger partial charge in [0, 0.05) is 13.7 Å². The number of aliphatic carboxylic acids is 1. The van der Waals surface area contributed by atoms with E-state index in [-0.39, 0.29) is 19.3 Å². The first-order chi connectivity index (χ1) is 13.5. The lowest BCUT2D eigenvalue weighted by atomic mass is 10.0. The summed E-state index contributed by atoms with van der Waals surface area (Å²) in [4.78, 5) is 12.6. The maximum atomic E-state index is 12.6. The SMILES string of the molecule is CCCCOC(OCCC)(OC(C)C)C(C)(OC(C)(OCC)C(C)OC)C(=O)O. The van der Waals surface area contributed by atoms with Crippen LogP contribution in [0, 0.1) is 0 Å². The van der Waals surface area contributed by atoms with Crippen molar-refractivity contribution in [3.05, 3.63) is 0 Å². The van der Waals surface area contributed by atoms with Crippen molar-refractivity contribution in [3.63, 3.8) is 0 Å². The number of hydrogen-bond acceptors (Lipinski definition) is 7. The van der Waals surface area contributed by atoms with Gasteiger partial charge in [0.25, 0.3) is 0 Å². The summed E-state index contributed by atoms with van der Waals surface area (Å²) in [6, 6.07) is 0. The van der Waals surface area contributed by atoms with Gasteiger partial charge in [-0.15, -0.1) is 0 Å². The highest BCUT2D eigenvalue weighted by molar-refractivity contribution is 5.78. The van der Waals surface area contributed by atoms with E-state index in [2.05, 4.69) is 0 Å². The number of hydrogen-bond donors (Lipinski definition) is 1. The molecule has 0 aromatic heterocycles. The number of methoxy groups -OCH3 is 1. The first-order valence-electron chi connectivity index (χ1n) is 10.5. The maximum absolute atomic E-state index is 12.6. The minimum absolute atomic E-state index is 0.232. The Morgan fingerprint density at radius 2 is 1.55 bits per heavy atom. The van der Waals surface area contributed by atoms with Gasteiger partial charge in [-0.25, -0.2) is 4.79 Å². The van der Waals surface area contributed by atoms with Crippen LogP contribution in [0.5, 0.6) is 0 Å². The molecule has 0 aliphatic rings. The molecule has 0 spiro atoms. The third kappa shape index (κ3) is 7.45. The van der Waals surface area contributed by atoms with Gasteiger partial charge in [0.1, 0.15) is 6.10 Å². The molecule has 0 aliphatic heterocycles. The summed E-state index contributed by atoms with van der Waals surface area (Å²) in [5.74, 6) is -4.64. The van der Waals surface area contributed by atoms with E-state index in [1.807, 2.05) is 13.8 Å². The first-order valence-corrected chi connectivity index (χ1v) is 10.5. The highest BCUT2D eigenvalue weighted by Gasteiger charge is 2.63. The zero-order chi connectivity index (χ0) is 22.7. The number of carboxylic acids is 1. The number of ether oxygens (including phenoxy) is 6. The zero-order valence-electron chi connectivity index (χ0n) is 19.7. The van der Waals surface area contributed by atoms with Crippen molar-refractivity contribution >= 4 is 5.97 Å². The Bertz CT molecular complexity index is 472. The fourth-order valence-electron chi connectivity index (χ4n) is 2.77. The molecule has 0 fully saturated rings. The van der Waals surface area contributed by atoms with Crippen molar-refractivity contribution in [1.29, 1.82) is 0 Å². The van der Waals surface area contributed by atoms with Gasteiger partial charge in [-0.2, -0.15) is 0 Å². The molecule has 0 aliphatic carbocycles. The van der Waals surface area contributed by atoms with Crippen LogP contribution in [0.25, 0.3) is 0 Å². The fraction of sp³-hybridized carbons (Fsp3) is 0.952. The highest BCUT2D eigenvalue weighted by Crippen LogP contribution is 2.39. The molecule has 8 heteroatoms. The predicted octanol–water partition coefficient (Wildman–Crippen LogP) is 3.96. The van der Waals surface area contributed by atoms with E-state index in [9.17, 15) is 9.90 Å². The minimum atomic E-state index is -2.04. The third-order valence-electron chi connectivity index (χ3n) is 4.60. The van der Waals surface area contributed by atoms with Crippen molar-refractivity contribution in [2.45, 2.75) is 104 Å². The average Bonchev–Trinajstić information content (AvgIpc) is 2.64. The molecule has 0 aromatic rings. The van der Waals surface area contributed by atoms with Crippen molar-refractivity contribution in [1.82, 2.24) is 0 Å². The summed E-state index contributed by atoms with van der Waals surface area (Å²) in [5, 5.41) is 10.3. The molecule has 0 radical (unpaired) electrons. The zero-order valence-corrected chi connectivity index (χ0v) is 19.7. The lowest BCUT2D eigenvalue weighted by Crippen LogP contribution is -2.68. The number of carbonyl (C=O) groups is 1. The maximum Gasteiger partial charge on any atom is 0.344 e. The van der Waals surface area contributed by atoms with Gasteiger partial charge < -0.3 is 33.5 Å². The Hall–Kier alpha value is -0.770. The van der Waals surface area contributed by atoms with Gasteiger partial charge in [-0.3, -0.25) is 0 Å². The van der Waals surface area contributed by atoms with Crippen molar-refractivity contribution < 1.29 is 38.3 Å². The lowest BCUT2D eigenvalue weighted by molar-refractivity contribution is -0.467. The van der Waals surface area contributed by atoms with Crippen LogP contribution in [0.15, 0.2) is 0 Å². The van der Waals surface area contributed by atoms with E-state index in [1.54, 1.807) is 34.6 Å².